The van der Waals surface area contributed by atoms with Crippen molar-refractivity contribution in [2.75, 3.05) is 7.11 Å². The molecule has 2 aromatic carbocycles. The average molecular weight is 431 g/mol. The van der Waals surface area contributed by atoms with Gasteiger partial charge >= 0.3 is 0 Å². The largest absolute Gasteiger partial charge is 0.497 e. The van der Waals surface area contributed by atoms with Crippen molar-refractivity contribution in [3.63, 3.8) is 0 Å². The summed E-state index contributed by atoms with van der Waals surface area (Å²) in [5.74, 6) is 1.79. The quantitative estimate of drug-likeness (QED) is 0.444. The second-order valence-electron chi connectivity index (χ2n) is 9.03. The van der Waals surface area contributed by atoms with E-state index in [-0.39, 0.29) is 11.5 Å². The van der Waals surface area contributed by atoms with E-state index < -0.39 is 0 Å². The summed E-state index contributed by atoms with van der Waals surface area (Å²) in [5, 5.41) is 8.86. The van der Waals surface area contributed by atoms with E-state index in [0.29, 0.717) is 30.6 Å². The Balaban J connectivity index is 1.34. The van der Waals surface area contributed by atoms with Crippen LogP contribution in [0.5, 0.6) is 5.75 Å². The van der Waals surface area contributed by atoms with Gasteiger partial charge in [-0.05, 0) is 34.7 Å². The number of benzene rings is 2. The lowest BCUT2D eigenvalue weighted by atomic mass is 9.87. The summed E-state index contributed by atoms with van der Waals surface area (Å²) in [6.07, 6.45) is -0.0688. The van der Waals surface area contributed by atoms with Crippen LogP contribution in [0.4, 0.5) is 0 Å². The number of fused-ring (bicyclic) bond motifs is 1. The van der Waals surface area contributed by atoms with E-state index in [0.717, 1.165) is 22.6 Å². The monoisotopic (exact) mass is 430 g/mol. The number of nitrogens with zero attached hydrogens (tertiary/aromatic N) is 4. The first-order chi connectivity index (χ1) is 15.4. The van der Waals surface area contributed by atoms with Gasteiger partial charge in [0.2, 0.25) is 5.82 Å². The zero-order valence-corrected chi connectivity index (χ0v) is 18.7. The van der Waals surface area contributed by atoms with Crippen molar-refractivity contribution in [1.29, 1.82) is 0 Å². The lowest BCUT2D eigenvalue weighted by Crippen LogP contribution is -2.21. The summed E-state index contributed by atoms with van der Waals surface area (Å²) in [7, 11) is 1.66. The maximum absolute atomic E-state index is 6.06. The fraction of sp³-hybridized carbons (Fsp3) is 0.320. The maximum Gasteiger partial charge on any atom is 0.278 e. The number of rotatable bonds is 4. The number of methoxy groups -OCH3 is 1. The molecule has 32 heavy (non-hydrogen) atoms. The smallest absolute Gasteiger partial charge is 0.278 e. The van der Waals surface area contributed by atoms with Crippen LogP contribution in [0.3, 0.4) is 0 Å². The minimum Gasteiger partial charge on any atom is -0.497 e. The highest BCUT2D eigenvalue weighted by Gasteiger charge is 2.24. The van der Waals surface area contributed by atoms with Crippen molar-refractivity contribution < 1.29 is 14.0 Å². The van der Waals surface area contributed by atoms with Crippen molar-refractivity contribution in [3.8, 4) is 28.7 Å². The summed E-state index contributed by atoms with van der Waals surface area (Å²) < 4.78 is 18.8. The highest BCUT2D eigenvalue weighted by atomic mass is 16.5. The van der Waals surface area contributed by atoms with E-state index in [1.165, 1.54) is 5.56 Å². The van der Waals surface area contributed by atoms with Gasteiger partial charge in [-0.2, -0.15) is 10.1 Å². The molecule has 1 atom stereocenters. The van der Waals surface area contributed by atoms with Gasteiger partial charge in [0.1, 0.15) is 11.9 Å². The number of ether oxygens (including phenoxy) is 2. The summed E-state index contributed by atoms with van der Waals surface area (Å²) >= 11 is 0. The van der Waals surface area contributed by atoms with Crippen LogP contribution in [0.25, 0.3) is 23.0 Å². The summed E-state index contributed by atoms with van der Waals surface area (Å²) in [4.78, 5) is 4.57. The highest BCUT2D eigenvalue weighted by Crippen LogP contribution is 2.30. The predicted molar refractivity (Wildman–Crippen MR) is 120 cm³/mol. The Bertz CT molecular complexity index is 1220. The molecule has 0 unspecified atom stereocenters. The van der Waals surface area contributed by atoms with E-state index in [4.69, 9.17) is 19.1 Å². The lowest BCUT2D eigenvalue weighted by molar-refractivity contribution is -0.00115. The number of aromatic nitrogens is 4. The van der Waals surface area contributed by atoms with Crippen molar-refractivity contribution >= 4 is 0 Å². The van der Waals surface area contributed by atoms with Gasteiger partial charge in [0.15, 0.2) is 5.69 Å². The van der Waals surface area contributed by atoms with Crippen LogP contribution < -0.4 is 4.74 Å². The predicted octanol–water partition coefficient (Wildman–Crippen LogP) is 5.18. The Kier molecular flexibility index (Phi) is 5.06. The summed E-state index contributed by atoms with van der Waals surface area (Å²) in [6, 6.07) is 18.1. The minimum atomic E-state index is -0.0688. The second-order valence-corrected chi connectivity index (χ2v) is 9.03. The molecule has 7 nitrogen and oxygen atoms in total. The second kappa shape index (κ2) is 7.91. The molecule has 0 aliphatic carbocycles. The first-order valence-corrected chi connectivity index (χ1v) is 10.7. The fourth-order valence-electron chi connectivity index (χ4n) is 3.81. The van der Waals surface area contributed by atoms with Crippen LogP contribution in [0.2, 0.25) is 0 Å². The molecule has 7 heteroatoms. The van der Waals surface area contributed by atoms with Crippen molar-refractivity contribution in [1.82, 2.24) is 19.9 Å². The van der Waals surface area contributed by atoms with Crippen molar-refractivity contribution in [2.45, 2.75) is 45.4 Å². The molecule has 0 radical (unpaired) electrons. The van der Waals surface area contributed by atoms with E-state index in [1.807, 2.05) is 47.1 Å². The molecule has 0 saturated heterocycles. The Hall–Kier alpha value is -3.45. The van der Waals surface area contributed by atoms with Crippen molar-refractivity contribution in [2.24, 2.45) is 0 Å². The van der Waals surface area contributed by atoms with Gasteiger partial charge < -0.3 is 14.0 Å². The van der Waals surface area contributed by atoms with E-state index in [9.17, 15) is 0 Å². The summed E-state index contributed by atoms with van der Waals surface area (Å²) in [6.45, 7) is 7.67. The van der Waals surface area contributed by atoms with Crippen LogP contribution in [0.15, 0.2) is 59.1 Å². The first-order valence-electron chi connectivity index (χ1n) is 10.7. The Morgan fingerprint density at radius 3 is 2.47 bits per heavy atom. The Morgan fingerprint density at radius 1 is 1.03 bits per heavy atom. The average Bonchev–Trinajstić information content (AvgIpc) is 3.45. The van der Waals surface area contributed by atoms with Gasteiger partial charge in [-0.25, -0.2) is 0 Å². The molecule has 5 rings (SSSR count). The van der Waals surface area contributed by atoms with Gasteiger partial charge in [-0.1, -0.05) is 62.3 Å². The third-order valence-electron chi connectivity index (χ3n) is 5.78. The molecule has 2 aromatic heterocycles. The van der Waals surface area contributed by atoms with Crippen LogP contribution >= 0.6 is 0 Å². The molecule has 4 aromatic rings. The molecule has 0 saturated carbocycles. The van der Waals surface area contributed by atoms with Gasteiger partial charge in [-0.15, -0.1) is 0 Å². The molecule has 3 heterocycles. The maximum atomic E-state index is 6.06. The molecule has 0 N–H and O–H groups in total. The lowest BCUT2D eigenvalue weighted by Gasteiger charge is -2.24. The Labute approximate surface area is 187 Å². The number of hydrogen-bond donors (Lipinski definition) is 0. The zero-order valence-electron chi connectivity index (χ0n) is 18.7. The van der Waals surface area contributed by atoms with E-state index in [1.54, 1.807) is 7.11 Å². The minimum absolute atomic E-state index is 0.0688. The van der Waals surface area contributed by atoms with Crippen molar-refractivity contribution in [3.05, 3.63) is 71.4 Å². The van der Waals surface area contributed by atoms with E-state index >= 15 is 0 Å². The zero-order chi connectivity index (χ0) is 22.3. The van der Waals surface area contributed by atoms with Gasteiger partial charge in [0.05, 0.1) is 26.0 Å². The third-order valence-corrected chi connectivity index (χ3v) is 5.78. The molecular formula is C25H26N4O3. The van der Waals surface area contributed by atoms with Crippen LogP contribution in [0, 0.1) is 0 Å². The standard InChI is InChI=1S/C25H26N4O3/c1-25(2,3)18-9-5-17(6-10-18)23-26-24(32-28-23)21-13-19-15-31-22(14-29(19)27-21)16-7-11-20(30-4)12-8-16/h5-13,22H,14-15H2,1-4H3/t22-/m0/s1. The SMILES string of the molecule is COc1ccc([C@@H]2Cn3nc(-c4nc(-c5ccc(C(C)(C)C)cc5)no4)cc3CO2)cc1. The summed E-state index contributed by atoms with van der Waals surface area (Å²) in [5.41, 5.74) is 5.01. The van der Waals surface area contributed by atoms with Crippen LogP contribution in [-0.2, 0) is 23.3 Å². The molecule has 1 aliphatic rings. The number of hydrogen-bond acceptors (Lipinski definition) is 6. The van der Waals surface area contributed by atoms with E-state index in [2.05, 4.69) is 43.0 Å². The van der Waals surface area contributed by atoms with Crippen LogP contribution in [-0.4, -0.2) is 27.0 Å². The van der Waals surface area contributed by atoms with Gasteiger partial charge in [-0.3, -0.25) is 4.68 Å². The first kappa shape index (κ1) is 20.5. The molecule has 0 amide bonds. The molecule has 0 bridgehead atoms. The molecule has 0 spiro atoms. The molecule has 164 valence electrons. The Morgan fingerprint density at radius 2 is 1.78 bits per heavy atom. The topological polar surface area (TPSA) is 75.2 Å². The van der Waals surface area contributed by atoms with Crippen LogP contribution in [0.1, 0.15) is 43.7 Å². The normalized spacial score (nSPS) is 16.1. The van der Waals surface area contributed by atoms with Gasteiger partial charge in [0.25, 0.3) is 5.89 Å². The van der Waals surface area contributed by atoms with Gasteiger partial charge in [0, 0.05) is 5.56 Å². The fourth-order valence-corrected chi connectivity index (χ4v) is 3.81. The third kappa shape index (κ3) is 3.91. The molecule has 1 aliphatic heterocycles. The highest BCUT2D eigenvalue weighted by molar-refractivity contribution is 5.58. The molecule has 0 fully saturated rings. The molecular weight excluding hydrogens is 404 g/mol.